The molecule has 0 atom stereocenters. The number of thiophene rings is 1. The average Bonchev–Trinajstić information content (AvgIpc) is 3.48. The number of methoxy groups -OCH3 is 1. The zero-order chi connectivity index (χ0) is 19.9. The van der Waals surface area contributed by atoms with Crippen molar-refractivity contribution >= 4 is 34.1 Å². The van der Waals surface area contributed by atoms with E-state index in [1.54, 1.807) is 0 Å². The minimum Gasteiger partial charge on any atom is -0.452 e. The first-order valence-corrected chi connectivity index (χ1v) is 9.88. The van der Waals surface area contributed by atoms with Gasteiger partial charge in [-0.3, -0.25) is 9.59 Å². The van der Waals surface area contributed by atoms with Gasteiger partial charge >= 0.3 is 5.97 Å². The highest BCUT2D eigenvalue weighted by Crippen LogP contribution is 2.38. The third kappa shape index (κ3) is 5.17. The van der Waals surface area contributed by atoms with Crippen LogP contribution in [0.3, 0.4) is 0 Å². The molecule has 2 N–H and O–H groups in total. The molecule has 7 nitrogen and oxygen atoms in total. The fraction of sp³-hybridized carbons (Fsp3) is 0.350. The van der Waals surface area contributed by atoms with E-state index >= 15 is 0 Å². The van der Waals surface area contributed by atoms with Gasteiger partial charge in [0.2, 0.25) is 5.91 Å². The third-order valence-corrected chi connectivity index (χ3v) is 5.12. The van der Waals surface area contributed by atoms with Gasteiger partial charge in [0.1, 0.15) is 10.6 Å². The molecule has 0 aliphatic heterocycles. The van der Waals surface area contributed by atoms with Gasteiger partial charge in [-0.1, -0.05) is 30.3 Å². The molecule has 2 amide bonds. The van der Waals surface area contributed by atoms with E-state index in [0.29, 0.717) is 23.7 Å². The van der Waals surface area contributed by atoms with Crippen LogP contribution in [0.5, 0.6) is 0 Å². The first-order chi connectivity index (χ1) is 13.6. The Bertz CT molecular complexity index is 846. The molecule has 0 unspecified atom stereocenters. The molecule has 1 heterocycles. The number of anilines is 1. The molecule has 2 aromatic rings. The predicted molar refractivity (Wildman–Crippen MR) is 106 cm³/mol. The molecule has 0 saturated heterocycles. The van der Waals surface area contributed by atoms with Crippen LogP contribution in [-0.2, 0) is 19.1 Å². The highest BCUT2D eigenvalue weighted by molar-refractivity contribution is 7.15. The molecule has 0 radical (unpaired) electrons. The highest BCUT2D eigenvalue weighted by Gasteiger charge is 2.31. The fourth-order valence-corrected chi connectivity index (χ4v) is 3.55. The van der Waals surface area contributed by atoms with E-state index in [1.807, 2.05) is 35.7 Å². The van der Waals surface area contributed by atoms with Crippen LogP contribution in [0.2, 0.25) is 0 Å². The summed E-state index contributed by atoms with van der Waals surface area (Å²) in [5.41, 5.74) is 1.78. The Labute approximate surface area is 167 Å². The summed E-state index contributed by atoms with van der Waals surface area (Å²) in [6, 6.07) is 9.38. The van der Waals surface area contributed by atoms with Gasteiger partial charge < -0.3 is 20.1 Å². The second-order valence-corrected chi connectivity index (χ2v) is 7.28. The molecule has 1 saturated carbocycles. The van der Waals surface area contributed by atoms with Gasteiger partial charge in [0.25, 0.3) is 5.91 Å². The SMILES string of the molecule is COCCNC(=O)COC(=O)c1c(-c2ccccc2)csc1NC(=O)C1CC1. The van der Waals surface area contributed by atoms with Gasteiger partial charge in [0.05, 0.1) is 6.61 Å². The molecule has 0 bridgehead atoms. The van der Waals surface area contributed by atoms with Crippen molar-refractivity contribution in [1.29, 1.82) is 0 Å². The number of rotatable bonds is 9. The van der Waals surface area contributed by atoms with Crippen molar-refractivity contribution in [1.82, 2.24) is 5.32 Å². The fourth-order valence-electron chi connectivity index (χ4n) is 2.59. The predicted octanol–water partition coefficient (Wildman–Crippen LogP) is 2.68. The normalized spacial score (nSPS) is 13.0. The lowest BCUT2D eigenvalue weighted by Gasteiger charge is -2.10. The minimum atomic E-state index is -0.645. The van der Waals surface area contributed by atoms with Crippen LogP contribution >= 0.6 is 11.3 Å². The van der Waals surface area contributed by atoms with Gasteiger partial charge in [0.15, 0.2) is 6.61 Å². The van der Waals surface area contributed by atoms with Crippen LogP contribution in [0.4, 0.5) is 5.00 Å². The topological polar surface area (TPSA) is 93.7 Å². The molecule has 1 aliphatic rings. The highest BCUT2D eigenvalue weighted by atomic mass is 32.1. The Morgan fingerprint density at radius 2 is 1.93 bits per heavy atom. The number of ether oxygens (including phenoxy) is 2. The minimum absolute atomic E-state index is 0.0118. The largest absolute Gasteiger partial charge is 0.452 e. The number of carbonyl (C=O) groups excluding carboxylic acids is 3. The van der Waals surface area contributed by atoms with Crippen molar-refractivity contribution in [3.63, 3.8) is 0 Å². The van der Waals surface area contributed by atoms with Crippen molar-refractivity contribution in [3.8, 4) is 11.1 Å². The second kappa shape index (κ2) is 9.48. The Kier molecular flexibility index (Phi) is 6.78. The number of amides is 2. The summed E-state index contributed by atoms with van der Waals surface area (Å²) in [7, 11) is 1.53. The summed E-state index contributed by atoms with van der Waals surface area (Å²) in [5, 5.41) is 7.68. The van der Waals surface area contributed by atoms with Crippen LogP contribution in [0.25, 0.3) is 11.1 Å². The van der Waals surface area contributed by atoms with Crippen LogP contribution < -0.4 is 10.6 Å². The van der Waals surface area contributed by atoms with Crippen LogP contribution in [0.1, 0.15) is 23.2 Å². The molecule has 1 fully saturated rings. The average molecular weight is 402 g/mol. The van der Waals surface area contributed by atoms with Gasteiger partial charge in [-0.05, 0) is 18.4 Å². The Morgan fingerprint density at radius 3 is 2.61 bits per heavy atom. The quantitative estimate of drug-likeness (QED) is 0.497. The first kappa shape index (κ1) is 20.0. The number of benzene rings is 1. The summed E-state index contributed by atoms with van der Waals surface area (Å²) >= 11 is 1.27. The Morgan fingerprint density at radius 1 is 1.18 bits per heavy atom. The number of nitrogens with one attached hydrogen (secondary N) is 2. The Hall–Kier alpha value is -2.71. The second-order valence-electron chi connectivity index (χ2n) is 6.40. The van der Waals surface area contributed by atoms with E-state index in [2.05, 4.69) is 10.6 Å². The van der Waals surface area contributed by atoms with Crippen molar-refractivity contribution < 1.29 is 23.9 Å². The van der Waals surface area contributed by atoms with E-state index in [0.717, 1.165) is 18.4 Å². The monoisotopic (exact) mass is 402 g/mol. The van der Waals surface area contributed by atoms with E-state index in [-0.39, 0.29) is 17.4 Å². The van der Waals surface area contributed by atoms with Gasteiger partial charge in [-0.15, -0.1) is 11.3 Å². The molecular formula is C20H22N2O5S. The Balaban J connectivity index is 1.75. The van der Waals surface area contributed by atoms with Gasteiger partial charge in [-0.2, -0.15) is 0 Å². The van der Waals surface area contributed by atoms with Crippen molar-refractivity contribution in [2.45, 2.75) is 12.8 Å². The summed E-state index contributed by atoms with van der Waals surface area (Å²) in [4.78, 5) is 36.7. The number of hydrogen-bond donors (Lipinski definition) is 2. The lowest BCUT2D eigenvalue weighted by molar-refractivity contribution is -0.124. The van der Waals surface area contributed by atoms with Crippen LogP contribution in [0, 0.1) is 5.92 Å². The van der Waals surface area contributed by atoms with Gasteiger partial charge in [-0.25, -0.2) is 4.79 Å². The van der Waals surface area contributed by atoms with Crippen LogP contribution in [-0.4, -0.2) is 44.7 Å². The molecular weight excluding hydrogens is 380 g/mol. The number of carbonyl (C=O) groups is 3. The molecule has 28 heavy (non-hydrogen) atoms. The third-order valence-electron chi connectivity index (χ3n) is 4.23. The zero-order valence-electron chi connectivity index (χ0n) is 15.5. The summed E-state index contributed by atoms with van der Waals surface area (Å²) < 4.78 is 10.1. The smallest absolute Gasteiger partial charge is 0.342 e. The van der Waals surface area contributed by atoms with Crippen LogP contribution in [0.15, 0.2) is 35.7 Å². The number of hydrogen-bond acceptors (Lipinski definition) is 6. The molecule has 148 valence electrons. The van der Waals surface area contributed by atoms with E-state index in [4.69, 9.17) is 9.47 Å². The van der Waals surface area contributed by atoms with Gasteiger partial charge in [0, 0.05) is 30.5 Å². The summed E-state index contributed by atoms with van der Waals surface area (Å²) in [6.45, 7) is 0.311. The van der Waals surface area contributed by atoms with Crippen molar-refractivity contribution in [2.24, 2.45) is 5.92 Å². The molecule has 1 aliphatic carbocycles. The molecule has 0 spiro atoms. The number of esters is 1. The van der Waals surface area contributed by atoms with Crippen molar-refractivity contribution in [3.05, 3.63) is 41.3 Å². The summed E-state index contributed by atoms with van der Waals surface area (Å²) in [5.74, 6) is -1.14. The van der Waals surface area contributed by atoms with E-state index < -0.39 is 18.5 Å². The molecule has 8 heteroatoms. The maximum absolute atomic E-state index is 12.8. The summed E-state index contributed by atoms with van der Waals surface area (Å²) in [6.07, 6.45) is 1.73. The maximum atomic E-state index is 12.8. The molecule has 1 aromatic heterocycles. The lowest BCUT2D eigenvalue weighted by Crippen LogP contribution is -2.31. The van der Waals surface area contributed by atoms with Crippen molar-refractivity contribution in [2.75, 3.05) is 32.2 Å². The maximum Gasteiger partial charge on any atom is 0.342 e. The van der Waals surface area contributed by atoms with E-state index in [9.17, 15) is 14.4 Å². The standard InChI is InChI=1S/C20H22N2O5S/c1-26-10-9-21-16(23)11-27-20(25)17-15(13-5-3-2-4-6-13)12-28-19(17)22-18(24)14-7-8-14/h2-6,12,14H,7-11H2,1H3,(H,21,23)(H,22,24). The lowest BCUT2D eigenvalue weighted by atomic mass is 10.0. The molecule has 3 rings (SSSR count). The first-order valence-electron chi connectivity index (χ1n) is 9.00. The molecule has 1 aromatic carbocycles. The zero-order valence-corrected chi connectivity index (χ0v) is 16.3. The van der Waals surface area contributed by atoms with E-state index in [1.165, 1.54) is 18.4 Å².